The zero-order chi connectivity index (χ0) is 14.5. The molecule has 110 valence electrons. The van der Waals surface area contributed by atoms with Crippen molar-refractivity contribution in [1.82, 2.24) is 24.8 Å². The van der Waals surface area contributed by atoms with E-state index in [0.29, 0.717) is 17.7 Å². The van der Waals surface area contributed by atoms with E-state index in [1.165, 1.54) is 12.7 Å². The predicted octanol–water partition coefficient (Wildman–Crippen LogP) is -1.50. The van der Waals surface area contributed by atoms with Gasteiger partial charge in [-0.3, -0.25) is 4.57 Å². The second kappa shape index (κ2) is 6.57. The van der Waals surface area contributed by atoms with Gasteiger partial charge in [0.1, 0.15) is 11.8 Å². The minimum Gasteiger partial charge on any atom is -0.394 e. The average molecular weight is 282 g/mol. The second-order valence-electron chi connectivity index (χ2n) is 4.22. The van der Waals surface area contributed by atoms with E-state index in [9.17, 15) is 10.2 Å². The van der Waals surface area contributed by atoms with Gasteiger partial charge in [0.25, 0.3) is 0 Å². The number of imidazole rings is 1. The number of rotatable bonds is 7. The first-order valence-corrected chi connectivity index (χ1v) is 6.16. The molecule has 0 saturated heterocycles. The lowest BCUT2D eigenvalue weighted by Crippen LogP contribution is -2.33. The van der Waals surface area contributed by atoms with E-state index < -0.39 is 12.3 Å². The standard InChI is InChI=1S/C11H18N6O3/c1-13-2-7(3-18)20-8(4-19)17-6-16-9-10(12)14-5-15-11(9)17/h5-8,13,18-19H,2-4H2,1H3,(H2,12,14,15)/t7-,8-/m1/s1. The largest absolute Gasteiger partial charge is 0.394 e. The van der Waals surface area contributed by atoms with E-state index in [1.54, 1.807) is 11.6 Å². The summed E-state index contributed by atoms with van der Waals surface area (Å²) < 4.78 is 7.20. The van der Waals surface area contributed by atoms with E-state index in [2.05, 4.69) is 20.3 Å². The summed E-state index contributed by atoms with van der Waals surface area (Å²) in [4.78, 5) is 12.0. The fourth-order valence-corrected chi connectivity index (χ4v) is 1.88. The van der Waals surface area contributed by atoms with Gasteiger partial charge in [0, 0.05) is 6.54 Å². The quantitative estimate of drug-likeness (QED) is 0.482. The molecule has 0 aromatic carbocycles. The van der Waals surface area contributed by atoms with Crippen LogP contribution < -0.4 is 11.1 Å². The summed E-state index contributed by atoms with van der Waals surface area (Å²) in [6.07, 6.45) is 1.64. The van der Waals surface area contributed by atoms with Crippen molar-refractivity contribution in [2.45, 2.75) is 12.3 Å². The predicted molar refractivity (Wildman–Crippen MR) is 71.7 cm³/mol. The van der Waals surface area contributed by atoms with E-state index in [-0.39, 0.29) is 19.0 Å². The molecule has 5 N–H and O–H groups in total. The van der Waals surface area contributed by atoms with Crippen LogP contribution in [0.1, 0.15) is 6.23 Å². The Morgan fingerprint density at radius 3 is 2.80 bits per heavy atom. The van der Waals surface area contributed by atoms with Crippen LogP contribution >= 0.6 is 0 Å². The van der Waals surface area contributed by atoms with Crippen LogP contribution in [0.2, 0.25) is 0 Å². The first-order valence-electron chi connectivity index (χ1n) is 6.16. The second-order valence-corrected chi connectivity index (χ2v) is 4.22. The van der Waals surface area contributed by atoms with Crippen molar-refractivity contribution < 1.29 is 14.9 Å². The zero-order valence-corrected chi connectivity index (χ0v) is 11.1. The lowest BCUT2D eigenvalue weighted by atomic mass is 10.3. The Hall–Kier alpha value is -1.81. The van der Waals surface area contributed by atoms with Gasteiger partial charge in [0.05, 0.1) is 25.6 Å². The van der Waals surface area contributed by atoms with Crippen molar-refractivity contribution in [3.63, 3.8) is 0 Å². The summed E-state index contributed by atoms with van der Waals surface area (Å²) in [6.45, 7) is 0.00737. The minimum atomic E-state index is -0.709. The van der Waals surface area contributed by atoms with E-state index in [1.807, 2.05) is 0 Å². The molecule has 2 heterocycles. The van der Waals surface area contributed by atoms with Crippen LogP contribution in [0.4, 0.5) is 5.82 Å². The van der Waals surface area contributed by atoms with Crippen molar-refractivity contribution in [3.05, 3.63) is 12.7 Å². The number of likely N-dealkylation sites (N-methyl/N-ethyl adjacent to an activating group) is 1. The topological polar surface area (TPSA) is 131 Å². The van der Waals surface area contributed by atoms with Crippen LogP contribution in [-0.2, 0) is 4.74 Å². The Bertz CT molecular complexity index is 560. The highest BCUT2D eigenvalue weighted by molar-refractivity contribution is 5.81. The van der Waals surface area contributed by atoms with Crippen molar-refractivity contribution in [2.24, 2.45) is 0 Å². The number of ether oxygens (including phenoxy) is 1. The molecule has 0 aliphatic heterocycles. The van der Waals surface area contributed by atoms with Gasteiger partial charge in [0.15, 0.2) is 17.7 Å². The highest BCUT2D eigenvalue weighted by Crippen LogP contribution is 2.20. The number of hydrogen-bond acceptors (Lipinski definition) is 8. The summed E-state index contributed by atoms with van der Waals surface area (Å²) in [5.41, 5.74) is 6.62. The molecule has 2 rings (SSSR count). The number of hydrogen-bond donors (Lipinski definition) is 4. The van der Waals surface area contributed by atoms with Gasteiger partial charge < -0.3 is 26.0 Å². The number of aromatic nitrogens is 4. The van der Waals surface area contributed by atoms with Crippen LogP contribution in [0, 0.1) is 0 Å². The molecule has 0 radical (unpaired) electrons. The highest BCUT2D eigenvalue weighted by Gasteiger charge is 2.20. The van der Waals surface area contributed by atoms with E-state index >= 15 is 0 Å². The number of fused-ring (bicyclic) bond motifs is 1. The summed E-state index contributed by atoms with van der Waals surface area (Å²) in [5.74, 6) is 0.263. The molecule has 9 nitrogen and oxygen atoms in total. The summed E-state index contributed by atoms with van der Waals surface area (Å²) in [5, 5.41) is 21.6. The maximum atomic E-state index is 9.49. The van der Waals surface area contributed by atoms with Crippen LogP contribution in [0.15, 0.2) is 12.7 Å². The fraction of sp³-hybridized carbons (Fsp3) is 0.545. The molecule has 9 heteroatoms. The lowest BCUT2D eigenvalue weighted by molar-refractivity contribution is -0.0927. The lowest BCUT2D eigenvalue weighted by Gasteiger charge is -2.23. The summed E-state index contributed by atoms with van der Waals surface area (Å²) >= 11 is 0. The van der Waals surface area contributed by atoms with Crippen molar-refractivity contribution in [3.8, 4) is 0 Å². The highest BCUT2D eigenvalue weighted by atomic mass is 16.5. The molecule has 0 saturated carbocycles. The first kappa shape index (κ1) is 14.6. The van der Waals surface area contributed by atoms with Crippen LogP contribution in [-0.4, -0.2) is 62.6 Å². The average Bonchev–Trinajstić information content (AvgIpc) is 2.89. The van der Waals surface area contributed by atoms with Gasteiger partial charge in [-0.2, -0.15) is 0 Å². The number of aliphatic hydroxyl groups excluding tert-OH is 2. The molecular weight excluding hydrogens is 264 g/mol. The number of nitrogen functional groups attached to an aromatic ring is 1. The zero-order valence-electron chi connectivity index (χ0n) is 11.1. The third-order valence-corrected chi connectivity index (χ3v) is 2.84. The fourth-order valence-electron chi connectivity index (χ4n) is 1.88. The molecule has 0 unspecified atom stereocenters. The van der Waals surface area contributed by atoms with Crippen LogP contribution in [0.5, 0.6) is 0 Å². The van der Waals surface area contributed by atoms with Crippen molar-refractivity contribution >= 4 is 17.0 Å². The Labute approximate surface area is 115 Å². The normalized spacial score (nSPS) is 14.6. The van der Waals surface area contributed by atoms with Gasteiger partial charge in [-0.15, -0.1) is 0 Å². The molecule has 0 bridgehead atoms. The smallest absolute Gasteiger partial charge is 0.167 e. The number of nitrogens with two attached hydrogens (primary N) is 1. The van der Waals surface area contributed by atoms with Gasteiger partial charge in [-0.05, 0) is 7.05 Å². The van der Waals surface area contributed by atoms with Crippen molar-refractivity contribution in [1.29, 1.82) is 0 Å². The van der Waals surface area contributed by atoms with Gasteiger partial charge in [-0.25, -0.2) is 15.0 Å². The molecule has 0 aliphatic carbocycles. The van der Waals surface area contributed by atoms with Crippen LogP contribution in [0.3, 0.4) is 0 Å². The van der Waals surface area contributed by atoms with Gasteiger partial charge in [-0.1, -0.05) is 0 Å². The molecule has 2 aromatic heterocycles. The number of nitrogens with zero attached hydrogens (tertiary/aromatic N) is 4. The third-order valence-electron chi connectivity index (χ3n) is 2.84. The molecule has 2 aromatic rings. The molecule has 0 aliphatic rings. The molecule has 2 atom stereocenters. The number of anilines is 1. The molecule has 0 spiro atoms. The Balaban J connectivity index is 2.27. The van der Waals surface area contributed by atoms with E-state index in [4.69, 9.17) is 10.5 Å². The number of nitrogens with one attached hydrogen (secondary N) is 1. The monoisotopic (exact) mass is 282 g/mol. The minimum absolute atomic E-state index is 0.166. The van der Waals surface area contributed by atoms with Crippen LogP contribution in [0.25, 0.3) is 11.2 Å². The molecule has 20 heavy (non-hydrogen) atoms. The number of aliphatic hydroxyl groups is 2. The Kier molecular flexibility index (Phi) is 4.79. The SMILES string of the molecule is CNC[C@H](CO)O[C@H](CO)n1cnc2c(N)ncnc21. The maximum absolute atomic E-state index is 9.49. The Morgan fingerprint density at radius 1 is 1.35 bits per heavy atom. The van der Waals surface area contributed by atoms with E-state index in [0.717, 1.165) is 0 Å². The third kappa shape index (κ3) is 2.85. The summed E-state index contributed by atoms with van der Waals surface area (Å²) in [6, 6.07) is 0. The first-order chi connectivity index (χ1) is 9.71. The molecule has 0 amide bonds. The molecule has 0 fully saturated rings. The Morgan fingerprint density at radius 2 is 2.15 bits per heavy atom. The van der Waals surface area contributed by atoms with Gasteiger partial charge >= 0.3 is 0 Å². The summed E-state index contributed by atoms with van der Waals surface area (Å²) in [7, 11) is 1.75. The molecular formula is C11H18N6O3. The van der Waals surface area contributed by atoms with Crippen molar-refractivity contribution in [2.75, 3.05) is 32.5 Å². The maximum Gasteiger partial charge on any atom is 0.167 e. The van der Waals surface area contributed by atoms with Gasteiger partial charge in [0.2, 0.25) is 0 Å².